The van der Waals surface area contributed by atoms with Gasteiger partial charge in [0, 0.05) is 37.5 Å². The van der Waals surface area contributed by atoms with Gasteiger partial charge in [-0.25, -0.2) is 0 Å². The number of halogens is 1. The summed E-state index contributed by atoms with van der Waals surface area (Å²) < 4.78 is 8.40. The fraction of sp³-hybridized carbons (Fsp3) is 0.385. The van der Waals surface area contributed by atoms with Crippen molar-refractivity contribution in [2.45, 2.75) is 13.1 Å². The van der Waals surface area contributed by atoms with Gasteiger partial charge >= 0.3 is 0 Å². The zero-order valence-corrected chi connectivity index (χ0v) is 12.8. The number of ether oxygens (including phenoxy) is 1. The molecule has 0 fully saturated rings. The predicted octanol–water partition coefficient (Wildman–Crippen LogP) is 3.10. The molecule has 0 aliphatic heterocycles. The lowest BCUT2D eigenvalue weighted by atomic mass is 10.3. The molecule has 0 atom stereocenters. The van der Waals surface area contributed by atoms with Gasteiger partial charge in [0.1, 0.15) is 0 Å². The summed E-state index contributed by atoms with van der Waals surface area (Å²) in [6.07, 6.45) is 4.31. The lowest BCUT2D eigenvalue weighted by Gasteiger charge is -2.02. The van der Waals surface area contributed by atoms with E-state index < -0.39 is 0 Å². The van der Waals surface area contributed by atoms with Crippen LogP contribution in [-0.4, -0.2) is 24.8 Å². The number of thiophene rings is 1. The molecule has 2 aromatic rings. The number of nitrogens with zero attached hydrogens (tertiary/aromatic N) is 1. The van der Waals surface area contributed by atoms with Crippen LogP contribution in [0, 0.1) is 0 Å². The number of hydrogen-bond donors (Lipinski definition) is 1. The third-order valence-electron chi connectivity index (χ3n) is 2.59. The Hall–Kier alpha value is -0.620. The Morgan fingerprint density at radius 1 is 1.39 bits per heavy atom. The zero-order chi connectivity index (χ0) is 12.8. The van der Waals surface area contributed by atoms with E-state index >= 15 is 0 Å². The fourth-order valence-electron chi connectivity index (χ4n) is 1.72. The maximum absolute atomic E-state index is 5.00. The molecule has 2 rings (SSSR count). The maximum atomic E-state index is 5.00. The summed E-state index contributed by atoms with van der Waals surface area (Å²) >= 11 is 5.27. The number of rotatable bonds is 7. The summed E-state index contributed by atoms with van der Waals surface area (Å²) in [7, 11) is 1.72. The summed E-state index contributed by atoms with van der Waals surface area (Å²) in [6.45, 7) is 3.47. The highest BCUT2D eigenvalue weighted by Crippen LogP contribution is 2.22. The normalized spacial score (nSPS) is 11.0. The lowest BCUT2D eigenvalue weighted by molar-refractivity contribution is 0.199. The van der Waals surface area contributed by atoms with E-state index in [4.69, 9.17) is 4.74 Å². The fourth-order valence-corrected chi connectivity index (χ4v) is 3.21. The molecule has 98 valence electrons. The first-order valence-corrected chi connectivity index (χ1v) is 7.47. The van der Waals surface area contributed by atoms with Crippen LogP contribution in [-0.2, 0) is 17.8 Å². The Bertz CT molecular complexity index is 481. The molecule has 0 aliphatic carbocycles. The number of aromatic nitrogens is 1. The van der Waals surface area contributed by atoms with E-state index in [1.165, 1.54) is 14.2 Å². The van der Waals surface area contributed by atoms with Crippen molar-refractivity contribution in [2.75, 3.05) is 20.3 Å². The minimum absolute atomic E-state index is 0.754. The molecule has 3 nitrogen and oxygen atoms in total. The molecular formula is C13H17BrN2OS. The van der Waals surface area contributed by atoms with Gasteiger partial charge in [-0.2, -0.15) is 0 Å². The van der Waals surface area contributed by atoms with Gasteiger partial charge < -0.3 is 14.6 Å². The Balaban J connectivity index is 1.82. The molecule has 0 aromatic carbocycles. The predicted molar refractivity (Wildman–Crippen MR) is 79.1 cm³/mol. The number of methoxy groups -OCH3 is 1. The van der Waals surface area contributed by atoms with E-state index in [1.54, 1.807) is 18.4 Å². The molecule has 0 spiro atoms. The minimum Gasteiger partial charge on any atom is -0.383 e. The maximum Gasteiger partial charge on any atom is 0.0702 e. The molecule has 0 radical (unpaired) electrons. The zero-order valence-electron chi connectivity index (χ0n) is 10.4. The van der Waals surface area contributed by atoms with Crippen LogP contribution in [0.2, 0.25) is 0 Å². The highest BCUT2D eigenvalue weighted by molar-refractivity contribution is 9.11. The Morgan fingerprint density at radius 2 is 2.28 bits per heavy atom. The first kappa shape index (κ1) is 13.8. The minimum atomic E-state index is 0.754. The Labute approximate surface area is 120 Å². The van der Waals surface area contributed by atoms with Gasteiger partial charge in [0.15, 0.2) is 0 Å². The molecule has 18 heavy (non-hydrogen) atoms. The van der Waals surface area contributed by atoms with Gasteiger partial charge in [-0.1, -0.05) is 0 Å². The molecular weight excluding hydrogens is 312 g/mol. The molecule has 5 heteroatoms. The van der Waals surface area contributed by atoms with Crippen molar-refractivity contribution in [3.05, 3.63) is 44.8 Å². The van der Waals surface area contributed by atoms with E-state index in [1.807, 2.05) is 0 Å². The second-order valence-corrected chi connectivity index (χ2v) is 6.62. The van der Waals surface area contributed by atoms with Crippen molar-refractivity contribution in [1.29, 1.82) is 0 Å². The van der Waals surface area contributed by atoms with Gasteiger partial charge in [0.05, 0.1) is 16.9 Å². The molecule has 0 unspecified atom stereocenters. The van der Waals surface area contributed by atoms with Crippen molar-refractivity contribution in [3.63, 3.8) is 0 Å². The average Bonchev–Trinajstić information content (AvgIpc) is 2.95. The summed E-state index contributed by atoms with van der Waals surface area (Å²) in [5.41, 5.74) is 1.31. The smallest absolute Gasteiger partial charge is 0.0702 e. The van der Waals surface area contributed by atoms with Gasteiger partial charge in [-0.05, 0) is 39.7 Å². The first-order valence-electron chi connectivity index (χ1n) is 5.86. The monoisotopic (exact) mass is 328 g/mol. The van der Waals surface area contributed by atoms with Gasteiger partial charge in [0.25, 0.3) is 0 Å². The second kappa shape index (κ2) is 7.09. The van der Waals surface area contributed by atoms with Gasteiger partial charge in [-0.15, -0.1) is 11.3 Å². The second-order valence-electron chi connectivity index (χ2n) is 4.07. The van der Waals surface area contributed by atoms with Crippen molar-refractivity contribution in [3.8, 4) is 0 Å². The molecule has 2 aromatic heterocycles. The SMILES string of the molecule is COCCNCc1ccn(Cc2ccc(Br)s2)c1. The van der Waals surface area contributed by atoms with Crippen LogP contribution < -0.4 is 5.32 Å². The summed E-state index contributed by atoms with van der Waals surface area (Å²) in [6, 6.07) is 6.41. The third-order valence-corrected chi connectivity index (χ3v) is 4.20. The summed E-state index contributed by atoms with van der Waals surface area (Å²) in [5, 5.41) is 3.34. The topological polar surface area (TPSA) is 26.2 Å². The molecule has 0 amide bonds. The first-order chi connectivity index (χ1) is 8.78. The van der Waals surface area contributed by atoms with Crippen LogP contribution in [0.1, 0.15) is 10.4 Å². The van der Waals surface area contributed by atoms with Crippen molar-refractivity contribution >= 4 is 27.3 Å². The van der Waals surface area contributed by atoms with Crippen LogP contribution in [0.3, 0.4) is 0 Å². The van der Waals surface area contributed by atoms with Crippen LogP contribution in [0.5, 0.6) is 0 Å². The van der Waals surface area contributed by atoms with E-state index in [-0.39, 0.29) is 0 Å². The lowest BCUT2D eigenvalue weighted by Crippen LogP contribution is -2.18. The molecule has 2 heterocycles. The van der Waals surface area contributed by atoms with Gasteiger partial charge in [0.2, 0.25) is 0 Å². The van der Waals surface area contributed by atoms with Crippen molar-refractivity contribution < 1.29 is 4.74 Å². The van der Waals surface area contributed by atoms with Crippen molar-refractivity contribution in [1.82, 2.24) is 9.88 Å². The van der Waals surface area contributed by atoms with Crippen LogP contribution in [0.25, 0.3) is 0 Å². The largest absolute Gasteiger partial charge is 0.383 e. The van der Waals surface area contributed by atoms with Crippen molar-refractivity contribution in [2.24, 2.45) is 0 Å². The number of hydrogen-bond acceptors (Lipinski definition) is 3. The molecule has 0 saturated heterocycles. The average molecular weight is 329 g/mol. The summed E-state index contributed by atoms with van der Waals surface area (Å²) in [4.78, 5) is 1.36. The van der Waals surface area contributed by atoms with Crippen LogP contribution >= 0.6 is 27.3 Å². The highest BCUT2D eigenvalue weighted by atomic mass is 79.9. The Morgan fingerprint density at radius 3 is 3.00 bits per heavy atom. The number of nitrogens with one attached hydrogen (secondary N) is 1. The standard InChI is InChI=1S/C13H17BrN2OS/c1-17-7-5-15-8-11-4-6-16(9-11)10-12-2-3-13(14)18-12/h2-4,6,9,15H,5,7-8,10H2,1H3. The highest BCUT2D eigenvalue weighted by Gasteiger charge is 2.00. The molecule has 0 saturated carbocycles. The molecule has 0 aliphatic rings. The van der Waals surface area contributed by atoms with Crippen LogP contribution in [0.4, 0.5) is 0 Å². The van der Waals surface area contributed by atoms with Crippen LogP contribution in [0.15, 0.2) is 34.4 Å². The van der Waals surface area contributed by atoms with Gasteiger partial charge in [-0.3, -0.25) is 0 Å². The van der Waals surface area contributed by atoms with E-state index in [0.717, 1.165) is 26.2 Å². The van der Waals surface area contributed by atoms with E-state index in [0.29, 0.717) is 0 Å². The quantitative estimate of drug-likeness (QED) is 0.790. The van der Waals surface area contributed by atoms with E-state index in [9.17, 15) is 0 Å². The van der Waals surface area contributed by atoms with E-state index in [2.05, 4.69) is 56.4 Å². The molecule has 1 N–H and O–H groups in total. The third kappa shape index (κ3) is 4.24. The molecule has 0 bridgehead atoms. The Kier molecular flexibility index (Phi) is 5.44. The summed E-state index contributed by atoms with van der Waals surface area (Å²) in [5.74, 6) is 0.